The number of nitro groups is 1. The molecular formula is C20H18ClF3N6O2. The van der Waals surface area contributed by atoms with Crippen LogP contribution in [0.5, 0.6) is 0 Å². The molecule has 1 aliphatic rings. The predicted molar refractivity (Wildman–Crippen MR) is 116 cm³/mol. The molecule has 8 nitrogen and oxygen atoms in total. The van der Waals surface area contributed by atoms with Crippen LogP contribution in [0.1, 0.15) is 5.56 Å². The number of nitrogens with zero attached hydrogens (tertiary/aromatic N) is 5. The Morgan fingerprint density at radius 2 is 1.84 bits per heavy atom. The zero-order chi connectivity index (χ0) is 23.0. The minimum Gasteiger partial charge on any atom is -0.363 e. The number of piperazine rings is 1. The second kappa shape index (κ2) is 8.40. The quantitative estimate of drug-likeness (QED) is 0.440. The fourth-order valence-electron chi connectivity index (χ4n) is 3.58. The SMILES string of the molecule is CN1CCN(c2cc3ncnc(Nc4ccc(Cl)c(C(F)(F)F)c4)c3cc2[N+](=O)[O-])CC1. The second-order valence-corrected chi connectivity index (χ2v) is 7.85. The maximum atomic E-state index is 13.2. The monoisotopic (exact) mass is 466 g/mol. The van der Waals surface area contributed by atoms with E-state index in [0.717, 1.165) is 25.2 Å². The van der Waals surface area contributed by atoms with Crippen molar-refractivity contribution >= 4 is 45.4 Å². The number of alkyl halides is 3. The fourth-order valence-corrected chi connectivity index (χ4v) is 3.81. The van der Waals surface area contributed by atoms with Crippen LogP contribution in [0.2, 0.25) is 5.02 Å². The third-order valence-corrected chi connectivity index (χ3v) is 5.64. The fraction of sp³-hybridized carbons (Fsp3) is 0.300. The minimum atomic E-state index is -4.63. The van der Waals surface area contributed by atoms with Crippen LogP contribution in [0, 0.1) is 10.1 Å². The number of hydrogen-bond donors (Lipinski definition) is 1. The lowest BCUT2D eigenvalue weighted by Gasteiger charge is -2.33. The van der Waals surface area contributed by atoms with Gasteiger partial charge in [-0.15, -0.1) is 0 Å². The summed E-state index contributed by atoms with van der Waals surface area (Å²) < 4.78 is 39.6. The maximum Gasteiger partial charge on any atom is 0.417 e. The van der Waals surface area contributed by atoms with Crippen molar-refractivity contribution in [3.05, 3.63) is 57.4 Å². The first-order chi connectivity index (χ1) is 15.1. The van der Waals surface area contributed by atoms with Gasteiger partial charge in [0.15, 0.2) is 0 Å². The Morgan fingerprint density at radius 3 is 2.50 bits per heavy atom. The van der Waals surface area contributed by atoms with Crippen molar-refractivity contribution in [2.24, 2.45) is 0 Å². The van der Waals surface area contributed by atoms with Crippen molar-refractivity contribution in [2.45, 2.75) is 6.18 Å². The van der Waals surface area contributed by atoms with E-state index in [0.29, 0.717) is 29.7 Å². The van der Waals surface area contributed by atoms with E-state index in [1.165, 1.54) is 18.5 Å². The Balaban J connectivity index is 1.76. The Labute approximate surface area is 185 Å². The molecule has 0 aliphatic carbocycles. The van der Waals surface area contributed by atoms with Gasteiger partial charge in [-0.3, -0.25) is 10.1 Å². The van der Waals surface area contributed by atoms with E-state index >= 15 is 0 Å². The van der Waals surface area contributed by atoms with Crippen molar-refractivity contribution in [2.75, 3.05) is 43.4 Å². The first-order valence-electron chi connectivity index (χ1n) is 9.64. The van der Waals surface area contributed by atoms with Crippen LogP contribution in [0.15, 0.2) is 36.7 Å². The average molecular weight is 467 g/mol. The van der Waals surface area contributed by atoms with Gasteiger partial charge in [-0.1, -0.05) is 11.6 Å². The van der Waals surface area contributed by atoms with Crippen LogP contribution in [-0.2, 0) is 6.18 Å². The molecule has 0 amide bonds. The molecule has 1 N–H and O–H groups in total. The van der Waals surface area contributed by atoms with E-state index in [2.05, 4.69) is 20.2 Å². The predicted octanol–water partition coefficient (Wildman–Crippen LogP) is 4.71. The normalized spacial score (nSPS) is 15.2. The zero-order valence-electron chi connectivity index (χ0n) is 16.9. The van der Waals surface area contributed by atoms with Gasteiger partial charge < -0.3 is 15.1 Å². The molecule has 3 aromatic rings. The summed E-state index contributed by atoms with van der Waals surface area (Å²) in [5, 5.41) is 14.5. The molecule has 0 atom stereocenters. The van der Waals surface area contributed by atoms with E-state index in [1.807, 2.05) is 11.9 Å². The van der Waals surface area contributed by atoms with Gasteiger partial charge in [-0.05, 0) is 31.3 Å². The molecule has 1 aliphatic heterocycles. The average Bonchev–Trinajstić information content (AvgIpc) is 2.74. The van der Waals surface area contributed by atoms with Gasteiger partial charge in [0.25, 0.3) is 5.69 Å². The number of halogens is 4. The summed E-state index contributed by atoms with van der Waals surface area (Å²) in [6, 6.07) is 6.34. The minimum absolute atomic E-state index is 0.0903. The van der Waals surface area contributed by atoms with Crippen molar-refractivity contribution in [1.29, 1.82) is 0 Å². The molecule has 0 saturated carbocycles. The number of nitro benzene ring substituents is 1. The van der Waals surface area contributed by atoms with E-state index < -0.39 is 21.7 Å². The molecular weight excluding hydrogens is 449 g/mol. The van der Waals surface area contributed by atoms with Crippen LogP contribution in [0.25, 0.3) is 10.9 Å². The summed E-state index contributed by atoms with van der Waals surface area (Å²) in [4.78, 5) is 23.7. The van der Waals surface area contributed by atoms with Crippen molar-refractivity contribution in [3.8, 4) is 0 Å². The smallest absolute Gasteiger partial charge is 0.363 e. The highest BCUT2D eigenvalue weighted by molar-refractivity contribution is 6.31. The van der Waals surface area contributed by atoms with E-state index in [9.17, 15) is 23.3 Å². The first kappa shape index (κ1) is 22.0. The van der Waals surface area contributed by atoms with Crippen molar-refractivity contribution in [3.63, 3.8) is 0 Å². The number of aromatic nitrogens is 2. The molecule has 0 spiro atoms. The molecule has 1 aromatic heterocycles. The number of fused-ring (bicyclic) bond motifs is 1. The van der Waals surface area contributed by atoms with Crippen LogP contribution < -0.4 is 10.2 Å². The molecule has 0 bridgehead atoms. The van der Waals surface area contributed by atoms with Crippen LogP contribution in [0.4, 0.5) is 36.1 Å². The summed E-state index contributed by atoms with van der Waals surface area (Å²) in [5.41, 5.74) is -0.136. The van der Waals surface area contributed by atoms with Gasteiger partial charge in [-0.2, -0.15) is 13.2 Å². The van der Waals surface area contributed by atoms with Gasteiger partial charge in [-0.25, -0.2) is 9.97 Å². The number of anilines is 3. The van der Waals surface area contributed by atoms with Gasteiger partial charge in [0.2, 0.25) is 0 Å². The van der Waals surface area contributed by atoms with Crippen LogP contribution in [0.3, 0.4) is 0 Å². The van der Waals surface area contributed by atoms with E-state index in [-0.39, 0.29) is 17.2 Å². The van der Waals surface area contributed by atoms with Gasteiger partial charge in [0, 0.05) is 43.3 Å². The summed E-state index contributed by atoms with van der Waals surface area (Å²) in [7, 11) is 1.98. The summed E-state index contributed by atoms with van der Waals surface area (Å²) in [6.07, 6.45) is -3.37. The highest BCUT2D eigenvalue weighted by Crippen LogP contribution is 2.38. The van der Waals surface area contributed by atoms with Gasteiger partial charge in [0.1, 0.15) is 17.8 Å². The third-order valence-electron chi connectivity index (χ3n) is 5.31. The zero-order valence-corrected chi connectivity index (χ0v) is 17.6. The summed E-state index contributed by atoms with van der Waals surface area (Å²) >= 11 is 5.68. The Bertz CT molecular complexity index is 1180. The van der Waals surface area contributed by atoms with Crippen molar-refractivity contribution in [1.82, 2.24) is 14.9 Å². The molecule has 12 heteroatoms. The molecule has 4 rings (SSSR count). The number of nitrogens with one attached hydrogen (secondary N) is 1. The number of rotatable bonds is 4. The third kappa shape index (κ3) is 4.39. The molecule has 2 heterocycles. The lowest BCUT2D eigenvalue weighted by atomic mass is 10.1. The van der Waals surface area contributed by atoms with Crippen molar-refractivity contribution < 1.29 is 18.1 Å². The summed E-state index contributed by atoms with van der Waals surface area (Å²) in [5.74, 6) is 0.151. The largest absolute Gasteiger partial charge is 0.417 e. The standard InChI is InChI=1S/C20H18ClF3N6O2/c1-28-4-6-29(7-5-28)17-10-16-13(9-18(17)30(31)32)19(26-11-25-16)27-12-2-3-15(21)14(8-12)20(22,23)24/h2-3,8-11H,4-7H2,1H3,(H,25,26,27). The molecule has 2 aromatic carbocycles. The molecule has 1 fully saturated rings. The van der Waals surface area contributed by atoms with Gasteiger partial charge >= 0.3 is 6.18 Å². The highest BCUT2D eigenvalue weighted by atomic mass is 35.5. The molecule has 0 unspecified atom stereocenters. The number of likely N-dealkylation sites (N-methyl/N-ethyl adjacent to an activating group) is 1. The topological polar surface area (TPSA) is 87.4 Å². The molecule has 168 valence electrons. The lowest BCUT2D eigenvalue weighted by Crippen LogP contribution is -2.44. The maximum absolute atomic E-state index is 13.2. The van der Waals surface area contributed by atoms with E-state index in [4.69, 9.17) is 11.6 Å². The number of benzene rings is 2. The molecule has 32 heavy (non-hydrogen) atoms. The highest BCUT2D eigenvalue weighted by Gasteiger charge is 2.33. The number of hydrogen-bond acceptors (Lipinski definition) is 7. The molecule has 0 radical (unpaired) electrons. The van der Waals surface area contributed by atoms with Crippen LogP contribution in [-0.4, -0.2) is 53.0 Å². The van der Waals surface area contributed by atoms with E-state index in [1.54, 1.807) is 6.07 Å². The molecule has 1 saturated heterocycles. The Hall–Kier alpha value is -3.18. The first-order valence-corrected chi connectivity index (χ1v) is 10.0. The van der Waals surface area contributed by atoms with Crippen LogP contribution >= 0.6 is 11.6 Å². The second-order valence-electron chi connectivity index (χ2n) is 7.45. The van der Waals surface area contributed by atoms with Gasteiger partial charge in [0.05, 0.1) is 21.0 Å². The lowest BCUT2D eigenvalue weighted by molar-refractivity contribution is -0.384. The Morgan fingerprint density at radius 1 is 1.12 bits per heavy atom. The Kier molecular flexibility index (Phi) is 5.78. The summed E-state index contributed by atoms with van der Waals surface area (Å²) in [6.45, 7) is 2.79.